The molecule has 0 saturated carbocycles. The number of ether oxygens (including phenoxy) is 2. The number of alkyl halides is 3. The second-order valence-corrected chi connectivity index (χ2v) is 6.01. The summed E-state index contributed by atoms with van der Waals surface area (Å²) in [7, 11) is 0. The summed E-state index contributed by atoms with van der Waals surface area (Å²) in [6.45, 7) is -1.22. The van der Waals surface area contributed by atoms with Gasteiger partial charge in [0.1, 0.15) is 5.75 Å². The van der Waals surface area contributed by atoms with Crippen LogP contribution in [0.15, 0.2) is 48.5 Å². The molecule has 0 aliphatic heterocycles. The minimum atomic E-state index is -4.82. The molecule has 2 N–H and O–H groups in total. The number of benzene rings is 2. The standard InChI is InChI=1S/C20H15F5N2O5/c21-15-7-4-13(9-16(15)22)27-17(28)10-26-18(29)11-31-19(30)8-3-12-1-5-14(6-2-12)32-20(23,24)25/h1-9H,10-11H2,(H,26,29)(H,27,28)/b8-3+. The molecular weight excluding hydrogens is 443 g/mol. The van der Waals surface area contributed by atoms with Crippen molar-refractivity contribution >= 4 is 29.5 Å². The van der Waals surface area contributed by atoms with Crippen LogP contribution in [0, 0.1) is 11.6 Å². The maximum atomic E-state index is 13.1. The summed E-state index contributed by atoms with van der Waals surface area (Å²) in [6, 6.07) is 7.35. The number of hydrogen-bond acceptors (Lipinski definition) is 5. The van der Waals surface area contributed by atoms with Gasteiger partial charge in [0.15, 0.2) is 18.2 Å². The quantitative estimate of drug-likeness (QED) is 0.360. The van der Waals surface area contributed by atoms with Gasteiger partial charge in [-0.05, 0) is 35.9 Å². The minimum Gasteiger partial charge on any atom is -0.452 e. The van der Waals surface area contributed by atoms with Crippen LogP contribution >= 0.6 is 0 Å². The number of halogens is 5. The summed E-state index contributed by atoms with van der Waals surface area (Å²) >= 11 is 0. The fraction of sp³-hybridized carbons (Fsp3) is 0.150. The molecule has 0 aliphatic rings. The molecule has 170 valence electrons. The predicted molar refractivity (Wildman–Crippen MR) is 101 cm³/mol. The van der Waals surface area contributed by atoms with E-state index in [9.17, 15) is 36.3 Å². The van der Waals surface area contributed by atoms with E-state index in [2.05, 4.69) is 20.1 Å². The summed E-state index contributed by atoms with van der Waals surface area (Å²) < 4.78 is 70.5. The van der Waals surface area contributed by atoms with Gasteiger partial charge in [-0.2, -0.15) is 0 Å². The lowest BCUT2D eigenvalue weighted by atomic mass is 10.2. The van der Waals surface area contributed by atoms with Gasteiger partial charge >= 0.3 is 12.3 Å². The average molecular weight is 458 g/mol. The first-order valence-corrected chi connectivity index (χ1v) is 8.74. The van der Waals surface area contributed by atoms with E-state index in [1.165, 1.54) is 18.2 Å². The number of rotatable bonds is 8. The fourth-order valence-corrected chi connectivity index (χ4v) is 2.14. The lowest BCUT2D eigenvalue weighted by Crippen LogP contribution is -2.35. The third kappa shape index (κ3) is 8.81. The van der Waals surface area contributed by atoms with E-state index in [1.807, 2.05) is 0 Å². The maximum absolute atomic E-state index is 13.1. The molecule has 0 saturated heterocycles. The zero-order valence-corrected chi connectivity index (χ0v) is 16.0. The monoisotopic (exact) mass is 458 g/mol. The van der Waals surface area contributed by atoms with Crippen LogP contribution in [0.5, 0.6) is 5.75 Å². The summed E-state index contributed by atoms with van der Waals surface area (Å²) in [6.07, 6.45) is -2.63. The Labute approximate surface area is 177 Å². The van der Waals surface area contributed by atoms with E-state index in [1.54, 1.807) is 0 Å². The molecule has 12 heteroatoms. The van der Waals surface area contributed by atoms with E-state index in [0.29, 0.717) is 5.56 Å². The molecule has 0 bridgehead atoms. The van der Waals surface area contributed by atoms with Crippen LogP contribution in [-0.4, -0.2) is 37.3 Å². The van der Waals surface area contributed by atoms with Crippen LogP contribution in [0.25, 0.3) is 6.08 Å². The van der Waals surface area contributed by atoms with Crippen molar-refractivity contribution in [3.63, 3.8) is 0 Å². The maximum Gasteiger partial charge on any atom is 0.573 e. The second kappa shape index (κ2) is 10.9. The summed E-state index contributed by atoms with van der Waals surface area (Å²) in [4.78, 5) is 34.9. The first-order valence-electron chi connectivity index (χ1n) is 8.74. The highest BCUT2D eigenvalue weighted by Crippen LogP contribution is 2.23. The van der Waals surface area contributed by atoms with Gasteiger partial charge in [0, 0.05) is 17.8 Å². The van der Waals surface area contributed by atoms with Crippen molar-refractivity contribution in [3.8, 4) is 5.75 Å². The normalized spacial score (nSPS) is 11.2. The third-order valence-corrected chi connectivity index (χ3v) is 3.52. The Morgan fingerprint density at radius 1 is 0.938 bits per heavy atom. The molecule has 0 aliphatic carbocycles. The Bertz CT molecular complexity index is 1010. The Morgan fingerprint density at radius 2 is 1.62 bits per heavy atom. The minimum absolute atomic E-state index is 0.0160. The lowest BCUT2D eigenvalue weighted by Gasteiger charge is -2.08. The molecule has 2 aromatic carbocycles. The molecular formula is C20H15F5N2O5. The van der Waals surface area contributed by atoms with E-state index in [-0.39, 0.29) is 5.69 Å². The van der Waals surface area contributed by atoms with Gasteiger partial charge in [-0.25, -0.2) is 13.6 Å². The number of carbonyl (C=O) groups excluding carboxylic acids is 3. The van der Waals surface area contributed by atoms with Crippen molar-refractivity contribution in [2.45, 2.75) is 6.36 Å². The van der Waals surface area contributed by atoms with Gasteiger partial charge in [0.05, 0.1) is 6.54 Å². The predicted octanol–water partition coefficient (Wildman–Crippen LogP) is 3.17. The van der Waals surface area contributed by atoms with Gasteiger partial charge in [-0.1, -0.05) is 12.1 Å². The average Bonchev–Trinajstić information content (AvgIpc) is 2.72. The zero-order valence-electron chi connectivity index (χ0n) is 16.0. The van der Waals surface area contributed by atoms with E-state index >= 15 is 0 Å². The molecule has 0 aromatic heterocycles. The van der Waals surface area contributed by atoms with Crippen molar-refractivity contribution in [2.24, 2.45) is 0 Å². The van der Waals surface area contributed by atoms with E-state index in [0.717, 1.165) is 36.4 Å². The third-order valence-electron chi connectivity index (χ3n) is 3.52. The second-order valence-electron chi connectivity index (χ2n) is 6.01. The Hall–Kier alpha value is -3.96. The van der Waals surface area contributed by atoms with Crippen molar-refractivity contribution in [2.75, 3.05) is 18.5 Å². The van der Waals surface area contributed by atoms with Gasteiger partial charge in [0.25, 0.3) is 5.91 Å². The number of esters is 1. The molecule has 2 amide bonds. The zero-order chi connectivity index (χ0) is 23.7. The van der Waals surface area contributed by atoms with E-state index < -0.39 is 54.7 Å². The summed E-state index contributed by atoms with van der Waals surface area (Å²) in [5.41, 5.74) is 0.354. The van der Waals surface area contributed by atoms with Crippen molar-refractivity contribution < 1.29 is 45.8 Å². The van der Waals surface area contributed by atoms with Crippen molar-refractivity contribution in [1.29, 1.82) is 0 Å². The number of hydrogen-bond donors (Lipinski definition) is 2. The highest BCUT2D eigenvalue weighted by Gasteiger charge is 2.30. The molecule has 2 rings (SSSR count). The van der Waals surface area contributed by atoms with E-state index in [4.69, 9.17) is 0 Å². The first kappa shape index (κ1) is 24.3. The molecule has 0 spiro atoms. The fourth-order valence-electron chi connectivity index (χ4n) is 2.14. The molecule has 0 heterocycles. The molecule has 32 heavy (non-hydrogen) atoms. The Morgan fingerprint density at radius 3 is 2.25 bits per heavy atom. The van der Waals surface area contributed by atoms with Crippen LogP contribution in [-0.2, 0) is 19.1 Å². The summed E-state index contributed by atoms with van der Waals surface area (Å²) in [5, 5.41) is 4.39. The number of nitrogens with one attached hydrogen (secondary N) is 2. The molecule has 2 aromatic rings. The summed E-state index contributed by atoms with van der Waals surface area (Å²) in [5.74, 6) is -5.11. The van der Waals surface area contributed by atoms with Crippen LogP contribution in [0.2, 0.25) is 0 Å². The molecule has 0 fully saturated rings. The Kier molecular flexibility index (Phi) is 8.27. The lowest BCUT2D eigenvalue weighted by molar-refractivity contribution is -0.274. The molecule has 0 unspecified atom stereocenters. The molecule has 0 atom stereocenters. The smallest absolute Gasteiger partial charge is 0.452 e. The van der Waals surface area contributed by atoms with Gasteiger partial charge < -0.3 is 20.1 Å². The highest BCUT2D eigenvalue weighted by atomic mass is 19.4. The number of carbonyl (C=O) groups is 3. The largest absolute Gasteiger partial charge is 0.573 e. The van der Waals surface area contributed by atoms with Crippen LogP contribution in [0.1, 0.15) is 5.56 Å². The van der Waals surface area contributed by atoms with Gasteiger partial charge in [-0.3, -0.25) is 9.59 Å². The topological polar surface area (TPSA) is 93.7 Å². The van der Waals surface area contributed by atoms with Crippen molar-refractivity contribution in [3.05, 3.63) is 65.7 Å². The van der Waals surface area contributed by atoms with Gasteiger partial charge in [0.2, 0.25) is 5.91 Å². The van der Waals surface area contributed by atoms with Crippen LogP contribution in [0.4, 0.5) is 27.6 Å². The number of amides is 2. The van der Waals surface area contributed by atoms with Crippen LogP contribution in [0.3, 0.4) is 0 Å². The molecule has 0 radical (unpaired) electrons. The van der Waals surface area contributed by atoms with Crippen molar-refractivity contribution in [1.82, 2.24) is 5.32 Å². The highest BCUT2D eigenvalue weighted by molar-refractivity contribution is 5.95. The van der Waals surface area contributed by atoms with Gasteiger partial charge in [-0.15, -0.1) is 13.2 Å². The number of anilines is 1. The molecule has 7 nitrogen and oxygen atoms in total. The Balaban J connectivity index is 1.71. The first-order chi connectivity index (χ1) is 15.0. The van der Waals surface area contributed by atoms with Crippen LogP contribution < -0.4 is 15.4 Å². The SMILES string of the molecule is O=C(COC(=O)/C=C/c1ccc(OC(F)(F)F)cc1)NCC(=O)Nc1ccc(F)c(F)c1.